The maximum atomic E-state index is 13.7. The lowest BCUT2D eigenvalue weighted by Gasteiger charge is -2.50. The fourth-order valence-electron chi connectivity index (χ4n) is 4.91. The molecule has 0 aliphatic carbocycles. The molecule has 2 heterocycles. The highest BCUT2D eigenvalue weighted by Crippen LogP contribution is 2.49. The standard InChI is InChI=1S/C26H20ClN3O7/c1-13-7-8-14(27)11-19(13)28-22(17-12-15(36-2)9-10-20(17)37-3)23(26(28)33)29-24(31)16-5-4-6-18(30(34)35)21(16)25(29)32/h4-12,22-23H,1-3H3/t22-,23+/m1/s1. The summed E-state index contributed by atoms with van der Waals surface area (Å²) in [6, 6.07) is 11.7. The lowest BCUT2D eigenvalue weighted by Crippen LogP contribution is -2.67. The normalized spacial score (nSPS) is 18.5. The number of nitro groups is 1. The first-order chi connectivity index (χ1) is 17.7. The van der Waals surface area contributed by atoms with Crippen molar-refractivity contribution in [3.8, 4) is 11.5 Å². The van der Waals surface area contributed by atoms with Gasteiger partial charge in [-0.3, -0.25) is 34.3 Å². The number of amides is 3. The number of fused-ring (bicyclic) bond motifs is 1. The van der Waals surface area contributed by atoms with Gasteiger partial charge in [0.2, 0.25) is 0 Å². The molecule has 0 bridgehead atoms. The molecule has 11 heteroatoms. The van der Waals surface area contributed by atoms with E-state index in [9.17, 15) is 24.5 Å². The molecule has 3 aromatic carbocycles. The second kappa shape index (κ2) is 8.90. The van der Waals surface area contributed by atoms with E-state index in [0.29, 0.717) is 27.8 Å². The Morgan fingerprint density at radius 2 is 1.68 bits per heavy atom. The molecular formula is C26H20ClN3O7. The molecule has 0 N–H and O–H groups in total. The van der Waals surface area contributed by atoms with Crippen molar-refractivity contribution in [1.29, 1.82) is 0 Å². The Bertz CT molecular complexity index is 1510. The summed E-state index contributed by atoms with van der Waals surface area (Å²) in [5.41, 5.74) is 0.757. The zero-order valence-electron chi connectivity index (χ0n) is 19.9. The number of carbonyl (C=O) groups is 3. The van der Waals surface area contributed by atoms with Crippen LogP contribution in [0.2, 0.25) is 5.02 Å². The molecule has 2 atom stereocenters. The van der Waals surface area contributed by atoms with Crippen molar-refractivity contribution in [2.45, 2.75) is 19.0 Å². The van der Waals surface area contributed by atoms with E-state index in [1.54, 1.807) is 43.3 Å². The second-order valence-electron chi connectivity index (χ2n) is 8.57. The molecule has 2 aliphatic rings. The molecule has 0 saturated carbocycles. The SMILES string of the molecule is COc1ccc(OC)c([C@@H]2[C@H](N3C(=O)c4cccc([N+](=O)[O-])c4C3=O)C(=O)N2c2cc(Cl)ccc2C)c1. The first kappa shape index (κ1) is 24.3. The largest absolute Gasteiger partial charge is 0.497 e. The monoisotopic (exact) mass is 521 g/mol. The molecule has 0 aromatic heterocycles. The van der Waals surface area contributed by atoms with Crippen LogP contribution in [0.1, 0.15) is 37.9 Å². The van der Waals surface area contributed by atoms with Crippen molar-refractivity contribution in [2.75, 3.05) is 19.1 Å². The molecular weight excluding hydrogens is 502 g/mol. The van der Waals surface area contributed by atoms with Crippen LogP contribution < -0.4 is 14.4 Å². The van der Waals surface area contributed by atoms with Crippen LogP contribution in [0.15, 0.2) is 54.6 Å². The molecule has 10 nitrogen and oxygen atoms in total. The van der Waals surface area contributed by atoms with Gasteiger partial charge in [-0.2, -0.15) is 0 Å². The third-order valence-corrected chi connectivity index (χ3v) is 6.89. The van der Waals surface area contributed by atoms with E-state index in [0.717, 1.165) is 16.5 Å². The molecule has 3 aromatic rings. The van der Waals surface area contributed by atoms with E-state index >= 15 is 0 Å². The minimum absolute atomic E-state index is 0.124. The zero-order chi connectivity index (χ0) is 26.6. The van der Waals surface area contributed by atoms with Crippen molar-refractivity contribution < 1.29 is 28.8 Å². The summed E-state index contributed by atoms with van der Waals surface area (Å²) in [4.78, 5) is 53.8. The number of benzene rings is 3. The maximum Gasteiger partial charge on any atom is 0.282 e. The number of hydrogen-bond acceptors (Lipinski definition) is 7. The number of nitro benzene ring substituents is 1. The minimum atomic E-state index is -1.29. The number of rotatable bonds is 6. The van der Waals surface area contributed by atoms with Crippen molar-refractivity contribution in [3.63, 3.8) is 0 Å². The number of β-lactam (4-membered cyclic amide) rings is 1. The van der Waals surface area contributed by atoms with Gasteiger partial charge in [-0.15, -0.1) is 0 Å². The van der Waals surface area contributed by atoms with Crippen LogP contribution in [-0.4, -0.2) is 47.8 Å². The smallest absolute Gasteiger partial charge is 0.282 e. The average molecular weight is 522 g/mol. The van der Waals surface area contributed by atoms with Crippen molar-refractivity contribution in [3.05, 3.63) is 92.0 Å². The molecule has 0 spiro atoms. The number of aryl methyl sites for hydroxylation is 1. The molecule has 2 aliphatic heterocycles. The number of halogens is 1. The number of ether oxygens (including phenoxy) is 2. The summed E-state index contributed by atoms with van der Waals surface area (Å²) in [6.07, 6.45) is 0. The van der Waals surface area contributed by atoms with Crippen LogP contribution >= 0.6 is 11.6 Å². The number of methoxy groups -OCH3 is 2. The van der Waals surface area contributed by atoms with Gasteiger partial charge in [0.1, 0.15) is 23.1 Å². The highest BCUT2D eigenvalue weighted by atomic mass is 35.5. The molecule has 0 radical (unpaired) electrons. The zero-order valence-corrected chi connectivity index (χ0v) is 20.7. The summed E-state index contributed by atoms with van der Waals surface area (Å²) in [6.45, 7) is 1.80. The Kier molecular flexibility index (Phi) is 5.83. The summed E-state index contributed by atoms with van der Waals surface area (Å²) in [7, 11) is 2.94. The summed E-state index contributed by atoms with van der Waals surface area (Å²) in [5.74, 6) is -1.36. The summed E-state index contributed by atoms with van der Waals surface area (Å²) < 4.78 is 10.9. The molecule has 0 unspecified atom stereocenters. The van der Waals surface area contributed by atoms with Gasteiger partial charge >= 0.3 is 0 Å². The lowest BCUT2D eigenvalue weighted by molar-refractivity contribution is -0.385. The number of hydrogen-bond donors (Lipinski definition) is 0. The van der Waals surface area contributed by atoms with Crippen LogP contribution in [0.3, 0.4) is 0 Å². The van der Waals surface area contributed by atoms with E-state index in [4.69, 9.17) is 21.1 Å². The molecule has 1 fully saturated rings. The fraction of sp³-hybridized carbons (Fsp3) is 0.192. The van der Waals surface area contributed by atoms with Gasteiger partial charge in [0.25, 0.3) is 23.4 Å². The predicted molar refractivity (Wildman–Crippen MR) is 133 cm³/mol. The Hall–Kier alpha value is -4.44. The second-order valence-corrected chi connectivity index (χ2v) is 9.01. The van der Waals surface area contributed by atoms with E-state index in [2.05, 4.69) is 0 Å². The van der Waals surface area contributed by atoms with Gasteiger partial charge < -0.3 is 9.47 Å². The first-order valence-electron chi connectivity index (χ1n) is 11.2. The topological polar surface area (TPSA) is 119 Å². The van der Waals surface area contributed by atoms with Crippen LogP contribution in [0, 0.1) is 17.0 Å². The Morgan fingerprint density at radius 1 is 0.919 bits per heavy atom. The summed E-state index contributed by atoms with van der Waals surface area (Å²) in [5, 5.41) is 12.0. The average Bonchev–Trinajstić information content (AvgIpc) is 3.13. The van der Waals surface area contributed by atoms with Crippen LogP contribution in [0.4, 0.5) is 11.4 Å². The number of anilines is 1. The van der Waals surface area contributed by atoms with Crippen LogP contribution in [0.25, 0.3) is 0 Å². The number of carbonyl (C=O) groups excluding carboxylic acids is 3. The van der Waals surface area contributed by atoms with Crippen LogP contribution in [-0.2, 0) is 4.79 Å². The van der Waals surface area contributed by atoms with E-state index in [1.165, 1.54) is 31.3 Å². The first-order valence-corrected chi connectivity index (χ1v) is 11.5. The number of imide groups is 1. The van der Waals surface area contributed by atoms with Crippen molar-refractivity contribution in [1.82, 2.24) is 4.90 Å². The lowest BCUT2D eigenvalue weighted by atomic mass is 9.85. The van der Waals surface area contributed by atoms with Gasteiger partial charge in [0.05, 0.1) is 30.7 Å². The van der Waals surface area contributed by atoms with Gasteiger partial charge in [0.15, 0.2) is 0 Å². The Labute approximate surface area is 216 Å². The molecule has 3 amide bonds. The minimum Gasteiger partial charge on any atom is -0.497 e. The molecule has 1 saturated heterocycles. The van der Waals surface area contributed by atoms with Crippen LogP contribution in [0.5, 0.6) is 11.5 Å². The molecule has 37 heavy (non-hydrogen) atoms. The molecule has 5 rings (SSSR count). The predicted octanol–water partition coefficient (Wildman–Crippen LogP) is 4.33. The molecule has 188 valence electrons. The van der Waals surface area contributed by atoms with Gasteiger partial charge in [-0.05, 0) is 48.9 Å². The number of nitrogens with zero attached hydrogens (tertiary/aromatic N) is 3. The Balaban J connectivity index is 1.69. The Morgan fingerprint density at radius 3 is 2.35 bits per heavy atom. The van der Waals surface area contributed by atoms with Gasteiger partial charge in [0, 0.05) is 22.3 Å². The quantitative estimate of drug-likeness (QED) is 0.205. The highest BCUT2D eigenvalue weighted by molar-refractivity contribution is 6.31. The summed E-state index contributed by atoms with van der Waals surface area (Å²) >= 11 is 6.24. The van der Waals surface area contributed by atoms with Crippen molar-refractivity contribution in [2.24, 2.45) is 0 Å². The third kappa shape index (κ3) is 3.60. The van der Waals surface area contributed by atoms with Gasteiger partial charge in [-0.1, -0.05) is 23.7 Å². The van der Waals surface area contributed by atoms with E-state index in [-0.39, 0.29) is 11.1 Å². The maximum absolute atomic E-state index is 13.7. The van der Waals surface area contributed by atoms with E-state index < -0.39 is 40.4 Å². The highest BCUT2D eigenvalue weighted by Gasteiger charge is 2.59. The third-order valence-electron chi connectivity index (χ3n) is 6.65. The fourth-order valence-corrected chi connectivity index (χ4v) is 5.07. The van der Waals surface area contributed by atoms with Gasteiger partial charge in [-0.25, -0.2) is 0 Å². The van der Waals surface area contributed by atoms with Crippen molar-refractivity contribution >= 4 is 40.7 Å². The van der Waals surface area contributed by atoms with E-state index in [1.807, 2.05) is 0 Å².